The Balaban J connectivity index is 1.37. The average molecular weight is 482 g/mol. The molecule has 0 aromatic heterocycles. The van der Waals surface area contributed by atoms with Gasteiger partial charge in [-0.15, -0.1) is 0 Å². The molecular formula is C28H36FN3O3. The smallest absolute Gasteiger partial charge is 0.410 e. The number of piperidine rings is 1. The minimum atomic E-state index is -0.350. The third kappa shape index (κ3) is 6.40. The van der Waals surface area contributed by atoms with E-state index in [-0.39, 0.29) is 36.3 Å². The van der Waals surface area contributed by atoms with E-state index in [9.17, 15) is 14.0 Å². The third-order valence-corrected chi connectivity index (χ3v) is 7.33. The summed E-state index contributed by atoms with van der Waals surface area (Å²) in [6.07, 6.45) is 1.53. The monoisotopic (exact) mass is 481 g/mol. The number of carbonyl (C=O) groups is 2. The molecule has 188 valence electrons. The molecule has 2 aromatic carbocycles. The van der Waals surface area contributed by atoms with Crippen LogP contribution < -0.4 is 0 Å². The van der Waals surface area contributed by atoms with Crippen molar-refractivity contribution in [1.82, 2.24) is 14.7 Å². The second-order valence-electron chi connectivity index (χ2n) is 9.85. The number of benzene rings is 2. The highest BCUT2D eigenvalue weighted by atomic mass is 19.1. The summed E-state index contributed by atoms with van der Waals surface area (Å²) in [6, 6.07) is 16.5. The molecule has 7 heteroatoms. The van der Waals surface area contributed by atoms with Gasteiger partial charge in [0.2, 0.25) is 5.91 Å². The first-order valence-electron chi connectivity index (χ1n) is 12.7. The average Bonchev–Trinajstić information content (AvgIpc) is 2.89. The Labute approximate surface area is 207 Å². The molecule has 0 saturated carbocycles. The highest BCUT2D eigenvalue weighted by Gasteiger charge is 2.37. The second-order valence-corrected chi connectivity index (χ2v) is 9.85. The number of piperazine rings is 1. The molecule has 35 heavy (non-hydrogen) atoms. The Bertz CT molecular complexity index is 967. The van der Waals surface area contributed by atoms with Gasteiger partial charge in [0.05, 0.1) is 5.92 Å². The molecule has 0 radical (unpaired) electrons. The number of amides is 2. The fourth-order valence-electron chi connectivity index (χ4n) is 5.17. The van der Waals surface area contributed by atoms with Gasteiger partial charge in [-0.2, -0.15) is 0 Å². The Morgan fingerprint density at radius 2 is 1.49 bits per heavy atom. The molecule has 0 aliphatic carbocycles. The van der Waals surface area contributed by atoms with E-state index in [0.29, 0.717) is 32.2 Å². The number of hydrogen-bond donors (Lipinski definition) is 0. The van der Waals surface area contributed by atoms with Gasteiger partial charge >= 0.3 is 6.09 Å². The summed E-state index contributed by atoms with van der Waals surface area (Å²) in [7, 11) is 0. The molecule has 0 bridgehead atoms. The Morgan fingerprint density at radius 3 is 2.09 bits per heavy atom. The molecule has 2 amide bonds. The van der Waals surface area contributed by atoms with Crippen LogP contribution in [0.5, 0.6) is 0 Å². The predicted octanol–water partition coefficient (Wildman–Crippen LogP) is 4.51. The number of halogens is 1. The summed E-state index contributed by atoms with van der Waals surface area (Å²) in [5.74, 6) is -0.285. The lowest BCUT2D eigenvalue weighted by molar-refractivity contribution is -0.136. The quantitative estimate of drug-likeness (QED) is 0.609. The standard InChI is InChI=1S/C28H36FN3O3/c1-21(2)30-14-12-24(13-15-30)26(23-8-10-25(29)11-9-23)27(33)31-16-18-32(19-17-31)28(34)35-20-22-6-4-3-5-7-22/h3-11,21,24,26H,12-20H2,1-2H3. The van der Waals surface area contributed by atoms with E-state index in [2.05, 4.69) is 18.7 Å². The molecule has 2 fully saturated rings. The number of hydrogen-bond acceptors (Lipinski definition) is 4. The summed E-state index contributed by atoms with van der Waals surface area (Å²) in [6.45, 7) is 8.41. The SMILES string of the molecule is CC(C)N1CCC(C(C(=O)N2CCN(C(=O)OCc3ccccc3)CC2)c2ccc(F)cc2)CC1. The van der Waals surface area contributed by atoms with E-state index >= 15 is 0 Å². The summed E-state index contributed by atoms with van der Waals surface area (Å²) in [4.78, 5) is 32.3. The first kappa shape index (κ1) is 25.2. The van der Waals surface area contributed by atoms with Crippen molar-refractivity contribution in [1.29, 1.82) is 0 Å². The van der Waals surface area contributed by atoms with E-state index in [4.69, 9.17) is 4.74 Å². The maximum absolute atomic E-state index is 13.8. The molecule has 2 saturated heterocycles. The molecule has 2 aliphatic heterocycles. The van der Waals surface area contributed by atoms with Gasteiger partial charge in [0.1, 0.15) is 12.4 Å². The van der Waals surface area contributed by atoms with Gasteiger partial charge in [0.15, 0.2) is 0 Å². The minimum Gasteiger partial charge on any atom is -0.445 e. The number of likely N-dealkylation sites (tertiary alicyclic amines) is 1. The zero-order chi connectivity index (χ0) is 24.8. The zero-order valence-corrected chi connectivity index (χ0v) is 20.7. The molecule has 4 rings (SSSR count). The summed E-state index contributed by atoms with van der Waals surface area (Å²) >= 11 is 0. The molecule has 6 nitrogen and oxygen atoms in total. The maximum Gasteiger partial charge on any atom is 0.410 e. The van der Waals surface area contributed by atoms with Crippen molar-refractivity contribution in [3.05, 3.63) is 71.5 Å². The Morgan fingerprint density at radius 1 is 0.886 bits per heavy atom. The molecule has 0 spiro atoms. The number of nitrogens with zero attached hydrogens (tertiary/aromatic N) is 3. The van der Waals surface area contributed by atoms with Crippen molar-refractivity contribution < 1.29 is 18.7 Å². The van der Waals surface area contributed by atoms with Crippen LogP contribution in [0.4, 0.5) is 9.18 Å². The highest BCUT2D eigenvalue weighted by molar-refractivity contribution is 5.84. The van der Waals surface area contributed by atoms with Gasteiger partial charge in [-0.05, 0) is 69.0 Å². The predicted molar refractivity (Wildman–Crippen MR) is 133 cm³/mol. The molecule has 2 aromatic rings. The number of carbonyl (C=O) groups excluding carboxylic acids is 2. The molecule has 1 unspecified atom stereocenters. The highest BCUT2D eigenvalue weighted by Crippen LogP contribution is 2.35. The number of ether oxygens (including phenoxy) is 1. The van der Waals surface area contributed by atoms with Crippen LogP contribution in [-0.2, 0) is 16.1 Å². The van der Waals surface area contributed by atoms with Crippen LogP contribution in [0.2, 0.25) is 0 Å². The van der Waals surface area contributed by atoms with E-state index in [1.165, 1.54) is 12.1 Å². The molecule has 2 heterocycles. The lowest BCUT2D eigenvalue weighted by Crippen LogP contribution is -2.52. The molecular weight excluding hydrogens is 445 g/mol. The zero-order valence-electron chi connectivity index (χ0n) is 20.7. The van der Waals surface area contributed by atoms with Crippen molar-refractivity contribution in [3.63, 3.8) is 0 Å². The van der Waals surface area contributed by atoms with Crippen LogP contribution in [0.25, 0.3) is 0 Å². The second kappa shape index (κ2) is 11.7. The van der Waals surface area contributed by atoms with Crippen LogP contribution >= 0.6 is 0 Å². The Hall–Kier alpha value is -2.93. The van der Waals surface area contributed by atoms with Crippen molar-refractivity contribution in [2.75, 3.05) is 39.3 Å². The summed E-state index contributed by atoms with van der Waals surface area (Å²) in [5.41, 5.74) is 1.82. The molecule has 2 aliphatic rings. The fraction of sp³-hybridized carbons (Fsp3) is 0.500. The van der Waals surface area contributed by atoms with Gasteiger partial charge in [0.25, 0.3) is 0 Å². The van der Waals surface area contributed by atoms with E-state index < -0.39 is 0 Å². The summed E-state index contributed by atoms with van der Waals surface area (Å²) < 4.78 is 19.1. The topological polar surface area (TPSA) is 53.1 Å². The van der Waals surface area contributed by atoms with Crippen LogP contribution in [0.1, 0.15) is 43.7 Å². The first-order valence-corrected chi connectivity index (χ1v) is 12.7. The van der Waals surface area contributed by atoms with E-state index in [1.54, 1.807) is 17.0 Å². The van der Waals surface area contributed by atoms with Crippen molar-refractivity contribution >= 4 is 12.0 Å². The van der Waals surface area contributed by atoms with Gasteiger partial charge in [-0.25, -0.2) is 9.18 Å². The van der Waals surface area contributed by atoms with Crippen molar-refractivity contribution in [2.24, 2.45) is 5.92 Å². The van der Waals surface area contributed by atoms with E-state index in [0.717, 1.165) is 37.1 Å². The lowest BCUT2D eigenvalue weighted by atomic mass is 9.78. The first-order chi connectivity index (χ1) is 16.9. The van der Waals surface area contributed by atoms with Gasteiger partial charge in [0, 0.05) is 32.2 Å². The molecule has 0 N–H and O–H groups in total. The lowest BCUT2D eigenvalue weighted by Gasteiger charge is -2.41. The van der Waals surface area contributed by atoms with Gasteiger partial charge < -0.3 is 19.4 Å². The van der Waals surface area contributed by atoms with Crippen LogP contribution in [0.15, 0.2) is 54.6 Å². The van der Waals surface area contributed by atoms with Gasteiger partial charge in [-0.3, -0.25) is 4.79 Å². The van der Waals surface area contributed by atoms with Crippen molar-refractivity contribution in [2.45, 2.75) is 45.3 Å². The largest absolute Gasteiger partial charge is 0.445 e. The van der Waals surface area contributed by atoms with Crippen LogP contribution in [0, 0.1) is 11.7 Å². The minimum absolute atomic E-state index is 0.0805. The third-order valence-electron chi connectivity index (χ3n) is 7.33. The number of rotatable bonds is 6. The molecule has 1 atom stereocenters. The van der Waals surface area contributed by atoms with Crippen LogP contribution in [0.3, 0.4) is 0 Å². The maximum atomic E-state index is 13.8. The van der Waals surface area contributed by atoms with Crippen molar-refractivity contribution in [3.8, 4) is 0 Å². The van der Waals surface area contributed by atoms with Crippen LogP contribution in [-0.4, -0.2) is 72.0 Å². The Kier molecular flexibility index (Phi) is 8.39. The normalized spacial score (nSPS) is 18.5. The fourth-order valence-corrected chi connectivity index (χ4v) is 5.17. The summed E-state index contributed by atoms with van der Waals surface area (Å²) in [5, 5.41) is 0. The van der Waals surface area contributed by atoms with Gasteiger partial charge in [-0.1, -0.05) is 42.5 Å². The van der Waals surface area contributed by atoms with E-state index in [1.807, 2.05) is 35.2 Å².